The largest absolute Gasteiger partial charge is 0.340 e. The van der Waals surface area contributed by atoms with Gasteiger partial charge in [0.2, 0.25) is 0 Å². The molecule has 0 spiro atoms. The van der Waals surface area contributed by atoms with Crippen molar-refractivity contribution < 1.29 is 4.39 Å². The molecule has 0 atom stereocenters. The molecule has 1 heterocycles. The predicted octanol–water partition coefficient (Wildman–Crippen LogP) is 5.35. The summed E-state index contributed by atoms with van der Waals surface area (Å²) in [5, 5.41) is 4.05. The maximum absolute atomic E-state index is 13.2. The van der Waals surface area contributed by atoms with Crippen molar-refractivity contribution >= 4 is 62.3 Å². The smallest absolute Gasteiger partial charge is 0.141 e. The molecule has 21 heavy (non-hydrogen) atoms. The van der Waals surface area contributed by atoms with Crippen molar-refractivity contribution in [1.82, 2.24) is 9.97 Å². The van der Waals surface area contributed by atoms with Crippen molar-refractivity contribution in [3.63, 3.8) is 0 Å². The first-order valence-corrected chi connectivity index (χ1v) is 6.93. The molecule has 3 aromatic rings. The molecule has 0 aliphatic rings. The Bertz CT molecular complexity index is 798. The van der Waals surface area contributed by atoms with Gasteiger partial charge in [-0.15, -0.1) is 12.4 Å². The Morgan fingerprint density at radius 2 is 1.90 bits per heavy atom. The molecule has 0 saturated carbocycles. The standard InChI is InChI=1S/C14H8BrClFN3.ClH/c15-8-1-4-13-10(5-8)14(19-7-18-13)20-9-2-3-12(17)11(16)6-9;/h1-7H,(H,18,19,20);1H. The number of aromatic nitrogens is 2. The fourth-order valence-electron chi connectivity index (χ4n) is 1.84. The molecule has 0 aliphatic carbocycles. The first-order valence-electron chi connectivity index (χ1n) is 5.76. The fourth-order valence-corrected chi connectivity index (χ4v) is 2.38. The van der Waals surface area contributed by atoms with Crippen molar-refractivity contribution in [2.75, 3.05) is 5.32 Å². The lowest BCUT2D eigenvalue weighted by Gasteiger charge is -2.09. The summed E-state index contributed by atoms with van der Waals surface area (Å²) in [6, 6.07) is 10.2. The molecule has 0 fully saturated rings. The maximum atomic E-state index is 13.2. The third-order valence-electron chi connectivity index (χ3n) is 2.78. The van der Waals surface area contributed by atoms with E-state index < -0.39 is 5.82 Å². The van der Waals surface area contributed by atoms with Gasteiger partial charge in [0.05, 0.1) is 10.5 Å². The van der Waals surface area contributed by atoms with Gasteiger partial charge in [-0.25, -0.2) is 14.4 Å². The van der Waals surface area contributed by atoms with E-state index in [0.29, 0.717) is 11.5 Å². The van der Waals surface area contributed by atoms with E-state index >= 15 is 0 Å². The zero-order valence-electron chi connectivity index (χ0n) is 10.5. The average molecular weight is 389 g/mol. The van der Waals surface area contributed by atoms with Crippen LogP contribution in [0.3, 0.4) is 0 Å². The van der Waals surface area contributed by atoms with Gasteiger partial charge in [0.1, 0.15) is 18.0 Å². The monoisotopic (exact) mass is 387 g/mol. The first kappa shape index (κ1) is 15.9. The van der Waals surface area contributed by atoms with Crippen LogP contribution in [-0.4, -0.2) is 9.97 Å². The molecule has 0 amide bonds. The highest BCUT2D eigenvalue weighted by atomic mass is 79.9. The highest BCUT2D eigenvalue weighted by molar-refractivity contribution is 9.10. The SMILES string of the molecule is Cl.Fc1ccc(Nc2ncnc3ccc(Br)cc23)cc1Cl. The van der Waals surface area contributed by atoms with Gasteiger partial charge in [0.15, 0.2) is 0 Å². The van der Waals surface area contributed by atoms with Crippen LogP contribution in [0.1, 0.15) is 0 Å². The second-order valence-electron chi connectivity index (χ2n) is 4.14. The van der Waals surface area contributed by atoms with Gasteiger partial charge >= 0.3 is 0 Å². The number of hydrogen-bond acceptors (Lipinski definition) is 3. The molecule has 0 aliphatic heterocycles. The van der Waals surface area contributed by atoms with Gasteiger partial charge in [0.25, 0.3) is 0 Å². The van der Waals surface area contributed by atoms with Gasteiger partial charge in [-0.1, -0.05) is 27.5 Å². The Kier molecular flexibility index (Phi) is 4.98. The van der Waals surface area contributed by atoms with E-state index in [4.69, 9.17) is 11.6 Å². The normalized spacial score (nSPS) is 10.2. The molecule has 0 radical (unpaired) electrons. The second-order valence-corrected chi connectivity index (χ2v) is 5.46. The molecule has 0 saturated heterocycles. The lowest BCUT2D eigenvalue weighted by Crippen LogP contribution is -1.96. The summed E-state index contributed by atoms with van der Waals surface area (Å²) >= 11 is 9.19. The lowest BCUT2D eigenvalue weighted by atomic mass is 10.2. The summed E-state index contributed by atoms with van der Waals surface area (Å²) in [5.41, 5.74) is 1.48. The molecular weight excluding hydrogens is 380 g/mol. The number of anilines is 2. The Hall–Kier alpha value is -1.43. The number of nitrogens with zero attached hydrogens (tertiary/aromatic N) is 2. The molecule has 0 unspecified atom stereocenters. The Labute approximate surface area is 140 Å². The van der Waals surface area contributed by atoms with E-state index in [2.05, 4.69) is 31.2 Å². The molecule has 0 bridgehead atoms. The van der Waals surface area contributed by atoms with Gasteiger partial charge in [-0.05, 0) is 36.4 Å². The quantitative estimate of drug-likeness (QED) is 0.642. The lowest BCUT2D eigenvalue weighted by molar-refractivity contribution is 0.628. The molecule has 1 N–H and O–H groups in total. The number of benzene rings is 2. The minimum Gasteiger partial charge on any atom is -0.340 e. The topological polar surface area (TPSA) is 37.8 Å². The highest BCUT2D eigenvalue weighted by Gasteiger charge is 2.06. The van der Waals surface area contributed by atoms with E-state index in [1.807, 2.05) is 18.2 Å². The molecule has 3 rings (SSSR count). The molecular formula is C14H9BrCl2FN3. The van der Waals surface area contributed by atoms with Crippen molar-refractivity contribution in [1.29, 1.82) is 0 Å². The average Bonchev–Trinajstić information content (AvgIpc) is 2.44. The van der Waals surface area contributed by atoms with Crippen LogP contribution in [0, 0.1) is 5.82 Å². The van der Waals surface area contributed by atoms with Crippen molar-refractivity contribution in [2.45, 2.75) is 0 Å². The van der Waals surface area contributed by atoms with E-state index in [-0.39, 0.29) is 17.4 Å². The van der Waals surface area contributed by atoms with E-state index in [1.165, 1.54) is 18.5 Å². The molecule has 1 aromatic heterocycles. The minimum atomic E-state index is -0.451. The number of rotatable bonds is 2. The van der Waals surface area contributed by atoms with Gasteiger partial charge in [0, 0.05) is 15.5 Å². The van der Waals surface area contributed by atoms with Crippen molar-refractivity contribution in [3.8, 4) is 0 Å². The minimum absolute atomic E-state index is 0. The fraction of sp³-hybridized carbons (Fsp3) is 0. The maximum Gasteiger partial charge on any atom is 0.141 e. The molecule has 7 heteroatoms. The molecule has 108 valence electrons. The highest BCUT2D eigenvalue weighted by Crippen LogP contribution is 2.27. The zero-order valence-corrected chi connectivity index (χ0v) is 13.6. The molecule has 2 aromatic carbocycles. The van der Waals surface area contributed by atoms with Crippen molar-refractivity contribution in [3.05, 3.63) is 58.0 Å². The van der Waals surface area contributed by atoms with Crippen LogP contribution in [0.2, 0.25) is 5.02 Å². The van der Waals surface area contributed by atoms with Crippen LogP contribution >= 0.6 is 39.9 Å². The molecule has 3 nitrogen and oxygen atoms in total. The Morgan fingerprint density at radius 3 is 2.67 bits per heavy atom. The summed E-state index contributed by atoms with van der Waals surface area (Å²) in [4.78, 5) is 8.41. The zero-order chi connectivity index (χ0) is 14.1. The van der Waals surface area contributed by atoms with Crippen LogP contribution in [0.5, 0.6) is 0 Å². The van der Waals surface area contributed by atoms with Crippen LogP contribution in [-0.2, 0) is 0 Å². The Morgan fingerprint density at radius 1 is 1.10 bits per heavy atom. The Balaban J connectivity index is 0.00000161. The van der Waals surface area contributed by atoms with Crippen LogP contribution in [0.4, 0.5) is 15.9 Å². The summed E-state index contributed by atoms with van der Waals surface area (Å²) in [7, 11) is 0. The van der Waals surface area contributed by atoms with E-state index in [0.717, 1.165) is 15.4 Å². The number of fused-ring (bicyclic) bond motifs is 1. The summed E-state index contributed by atoms with van der Waals surface area (Å²) in [6.07, 6.45) is 1.48. The third kappa shape index (κ3) is 3.43. The van der Waals surface area contributed by atoms with Crippen LogP contribution < -0.4 is 5.32 Å². The van der Waals surface area contributed by atoms with Gasteiger partial charge in [-0.2, -0.15) is 0 Å². The number of halogens is 4. The number of nitrogens with one attached hydrogen (secondary N) is 1. The van der Waals surface area contributed by atoms with Gasteiger partial charge in [-0.3, -0.25) is 0 Å². The summed E-state index contributed by atoms with van der Waals surface area (Å²) in [6.45, 7) is 0. The van der Waals surface area contributed by atoms with E-state index in [1.54, 1.807) is 6.07 Å². The third-order valence-corrected chi connectivity index (χ3v) is 3.56. The predicted molar refractivity (Wildman–Crippen MR) is 89.2 cm³/mol. The van der Waals surface area contributed by atoms with Crippen LogP contribution in [0.15, 0.2) is 47.2 Å². The summed E-state index contributed by atoms with van der Waals surface area (Å²) in [5.74, 6) is 0.187. The van der Waals surface area contributed by atoms with Crippen LogP contribution in [0.25, 0.3) is 10.9 Å². The summed E-state index contributed by atoms with van der Waals surface area (Å²) < 4.78 is 14.1. The van der Waals surface area contributed by atoms with Gasteiger partial charge < -0.3 is 5.32 Å². The second kappa shape index (κ2) is 6.56. The van der Waals surface area contributed by atoms with Crippen molar-refractivity contribution in [2.24, 2.45) is 0 Å². The van der Waals surface area contributed by atoms with E-state index in [9.17, 15) is 4.39 Å². The number of hydrogen-bond donors (Lipinski definition) is 1. The first-order chi connectivity index (χ1) is 9.63.